The number of nitrogens with two attached hydrogens (primary N) is 1. The fourth-order valence-corrected chi connectivity index (χ4v) is 1.80. The summed E-state index contributed by atoms with van der Waals surface area (Å²) in [7, 11) is 0. The van der Waals surface area contributed by atoms with Gasteiger partial charge >= 0.3 is 0 Å². The predicted octanol–water partition coefficient (Wildman–Crippen LogP) is 2.44. The number of rotatable bonds is 4. The van der Waals surface area contributed by atoms with Crippen LogP contribution in [-0.4, -0.2) is 11.8 Å². The first-order valence-electron chi connectivity index (χ1n) is 4.70. The number of carbonyl (C=O) groups is 1. The summed E-state index contributed by atoms with van der Waals surface area (Å²) in [5.41, 5.74) is 6.31. The molecule has 0 bridgehead atoms. The van der Waals surface area contributed by atoms with Gasteiger partial charge in [-0.15, -0.1) is 0 Å². The molecule has 0 saturated heterocycles. The van der Waals surface area contributed by atoms with E-state index in [2.05, 4.69) is 15.9 Å². The molecule has 1 unspecified atom stereocenters. The molecule has 1 rings (SSSR count). The Balaban J connectivity index is 2.68. The van der Waals surface area contributed by atoms with Crippen LogP contribution >= 0.6 is 15.9 Å². The first kappa shape index (κ1) is 12.3. The van der Waals surface area contributed by atoms with Gasteiger partial charge < -0.3 is 5.73 Å². The molecule has 15 heavy (non-hydrogen) atoms. The number of halogens is 2. The largest absolute Gasteiger partial charge is 0.328 e. The first-order chi connectivity index (χ1) is 6.99. The summed E-state index contributed by atoms with van der Waals surface area (Å²) >= 11 is 3.22. The van der Waals surface area contributed by atoms with E-state index < -0.39 is 0 Å². The number of hydrogen-bond donors (Lipinski definition) is 1. The molecule has 1 atom stereocenters. The second kappa shape index (κ2) is 5.37. The van der Waals surface area contributed by atoms with Crippen molar-refractivity contribution in [2.75, 3.05) is 0 Å². The van der Waals surface area contributed by atoms with E-state index in [0.29, 0.717) is 17.3 Å². The van der Waals surface area contributed by atoms with Gasteiger partial charge in [-0.1, -0.05) is 22.0 Å². The molecule has 0 aliphatic rings. The lowest BCUT2D eigenvalue weighted by atomic mass is 10.0. The maximum Gasteiger partial charge on any atom is 0.138 e. The lowest BCUT2D eigenvalue weighted by molar-refractivity contribution is -0.118. The van der Waals surface area contributed by atoms with Crippen molar-refractivity contribution in [3.8, 4) is 0 Å². The highest BCUT2D eigenvalue weighted by molar-refractivity contribution is 9.10. The van der Waals surface area contributed by atoms with Crippen molar-refractivity contribution in [2.24, 2.45) is 5.73 Å². The van der Waals surface area contributed by atoms with Gasteiger partial charge in [0, 0.05) is 23.4 Å². The minimum absolute atomic E-state index is 0.0670. The molecular formula is C11H13BrFNO. The Hall–Kier alpha value is -0.740. The predicted molar refractivity (Wildman–Crippen MR) is 61.1 cm³/mol. The maximum atomic E-state index is 12.8. The molecular weight excluding hydrogens is 261 g/mol. The van der Waals surface area contributed by atoms with E-state index in [1.165, 1.54) is 12.1 Å². The van der Waals surface area contributed by atoms with Gasteiger partial charge in [0.25, 0.3) is 0 Å². The van der Waals surface area contributed by atoms with Crippen LogP contribution in [0.5, 0.6) is 0 Å². The summed E-state index contributed by atoms with van der Waals surface area (Å²) in [6, 6.07) is 4.18. The molecule has 2 N–H and O–H groups in total. The van der Waals surface area contributed by atoms with E-state index in [1.54, 1.807) is 13.0 Å². The van der Waals surface area contributed by atoms with Crippen molar-refractivity contribution in [3.05, 3.63) is 34.1 Å². The van der Waals surface area contributed by atoms with E-state index in [9.17, 15) is 9.18 Å². The second-order valence-electron chi connectivity index (χ2n) is 3.63. The average Bonchev–Trinajstić information content (AvgIpc) is 2.08. The van der Waals surface area contributed by atoms with Crippen molar-refractivity contribution < 1.29 is 9.18 Å². The molecule has 0 aliphatic carbocycles. The summed E-state index contributed by atoms with van der Waals surface area (Å²) in [6.07, 6.45) is 0.645. The second-order valence-corrected chi connectivity index (χ2v) is 4.49. The normalized spacial score (nSPS) is 12.5. The molecule has 0 spiro atoms. The van der Waals surface area contributed by atoms with Crippen LogP contribution in [0.2, 0.25) is 0 Å². The van der Waals surface area contributed by atoms with Crippen LogP contribution in [0.3, 0.4) is 0 Å². The van der Waals surface area contributed by atoms with Gasteiger partial charge in [-0.3, -0.25) is 4.79 Å². The minimum Gasteiger partial charge on any atom is -0.328 e. The molecule has 1 aromatic rings. The lowest BCUT2D eigenvalue weighted by Crippen LogP contribution is -2.20. The van der Waals surface area contributed by atoms with E-state index in [4.69, 9.17) is 5.73 Å². The Morgan fingerprint density at radius 2 is 2.27 bits per heavy atom. The van der Waals surface area contributed by atoms with Crippen molar-refractivity contribution >= 4 is 21.7 Å². The Kier molecular flexibility index (Phi) is 4.42. The van der Waals surface area contributed by atoms with E-state index >= 15 is 0 Å². The molecule has 0 aliphatic heterocycles. The highest BCUT2D eigenvalue weighted by Gasteiger charge is 2.09. The number of ketones is 1. The smallest absolute Gasteiger partial charge is 0.138 e. The summed E-state index contributed by atoms with van der Waals surface area (Å²) in [4.78, 5) is 11.5. The molecule has 4 heteroatoms. The van der Waals surface area contributed by atoms with Crippen LogP contribution in [0.4, 0.5) is 4.39 Å². The van der Waals surface area contributed by atoms with E-state index in [-0.39, 0.29) is 17.6 Å². The number of carbonyl (C=O) groups excluding carboxylic acids is 1. The first-order valence-corrected chi connectivity index (χ1v) is 5.49. The SMILES string of the molecule is CC(N)CC(=O)Cc1ccc(F)cc1Br. The Morgan fingerprint density at radius 3 is 2.80 bits per heavy atom. The Labute approximate surface area is 96.8 Å². The van der Waals surface area contributed by atoms with Crippen LogP contribution in [0, 0.1) is 5.82 Å². The van der Waals surface area contributed by atoms with Crippen LogP contribution < -0.4 is 5.73 Å². The summed E-state index contributed by atoms with van der Waals surface area (Å²) in [6.45, 7) is 1.79. The van der Waals surface area contributed by atoms with Gasteiger partial charge in [0.05, 0.1) is 0 Å². The van der Waals surface area contributed by atoms with Gasteiger partial charge in [0.1, 0.15) is 11.6 Å². The van der Waals surface area contributed by atoms with Crippen molar-refractivity contribution in [2.45, 2.75) is 25.8 Å². The average molecular weight is 274 g/mol. The zero-order valence-corrected chi connectivity index (χ0v) is 10.1. The molecule has 0 saturated carbocycles. The van der Waals surface area contributed by atoms with E-state index in [1.807, 2.05) is 0 Å². The molecule has 0 heterocycles. The fraction of sp³-hybridized carbons (Fsp3) is 0.364. The third kappa shape index (κ3) is 4.10. The summed E-state index contributed by atoms with van der Waals surface area (Å²) in [5, 5.41) is 0. The quantitative estimate of drug-likeness (QED) is 0.916. The Morgan fingerprint density at radius 1 is 1.60 bits per heavy atom. The zero-order chi connectivity index (χ0) is 11.4. The molecule has 1 aromatic carbocycles. The van der Waals surface area contributed by atoms with Gasteiger partial charge in [0.15, 0.2) is 0 Å². The molecule has 0 aromatic heterocycles. The van der Waals surface area contributed by atoms with Gasteiger partial charge in [-0.2, -0.15) is 0 Å². The molecule has 2 nitrogen and oxygen atoms in total. The monoisotopic (exact) mass is 273 g/mol. The minimum atomic E-state index is -0.315. The van der Waals surface area contributed by atoms with Crippen LogP contribution in [0.15, 0.2) is 22.7 Å². The van der Waals surface area contributed by atoms with Crippen LogP contribution in [0.25, 0.3) is 0 Å². The molecule has 0 amide bonds. The highest BCUT2D eigenvalue weighted by atomic mass is 79.9. The van der Waals surface area contributed by atoms with Crippen molar-refractivity contribution in [3.63, 3.8) is 0 Å². The van der Waals surface area contributed by atoms with Gasteiger partial charge in [-0.25, -0.2) is 4.39 Å². The standard InChI is InChI=1S/C11H13BrFNO/c1-7(14)4-10(15)5-8-2-3-9(13)6-11(8)12/h2-3,6-7H,4-5,14H2,1H3. The third-order valence-electron chi connectivity index (χ3n) is 1.95. The molecule has 0 radical (unpaired) electrons. The van der Waals surface area contributed by atoms with Gasteiger partial charge in [0.2, 0.25) is 0 Å². The third-order valence-corrected chi connectivity index (χ3v) is 2.69. The molecule has 0 fully saturated rings. The van der Waals surface area contributed by atoms with Crippen LogP contribution in [-0.2, 0) is 11.2 Å². The maximum absolute atomic E-state index is 12.8. The van der Waals surface area contributed by atoms with Gasteiger partial charge in [-0.05, 0) is 24.6 Å². The molecule has 82 valence electrons. The van der Waals surface area contributed by atoms with E-state index in [0.717, 1.165) is 5.56 Å². The lowest BCUT2D eigenvalue weighted by Gasteiger charge is -2.06. The number of Topliss-reactive ketones (excluding diaryl/α,β-unsaturated/α-hetero) is 1. The fourth-order valence-electron chi connectivity index (χ4n) is 1.31. The summed E-state index contributed by atoms with van der Waals surface area (Å²) < 4.78 is 13.4. The number of hydrogen-bond acceptors (Lipinski definition) is 2. The van der Waals surface area contributed by atoms with Crippen LogP contribution in [0.1, 0.15) is 18.9 Å². The van der Waals surface area contributed by atoms with Crippen molar-refractivity contribution in [1.82, 2.24) is 0 Å². The zero-order valence-electron chi connectivity index (χ0n) is 8.47. The Bertz CT molecular complexity index is 366. The summed E-state index contributed by atoms with van der Waals surface area (Å²) in [5.74, 6) is -0.248. The van der Waals surface area contributed by atoms with Crippen molar-refractivity contribution in [1.29, 1.82) is 0 Å². The topological polar surface area (TPSA) is 43.1 Å². The number of benzene rings is 1. The highest BCUT2D eigenvalue weighted by Crippen LogP contribution is 2.19.